The molecule has 1 fully saturated rings. The van der Waals surface area contributed by atoms with Gasteiger partial charge in [0.15, 0.2) is 0 Å². The van der Waals surface area contributed by atoms with Crippen molar-refractivity contribution in [3.05, 3.63) is 34.9 Å². The van der Waals surface area contributed by atoms with Crippen LogP contribution in [0, 0.1) is 0 Å². The standard InChI is InChI=1S/C15H21ClN2O/c1-12(13-6-5-7-14(16)10-13)17-15(19)11-18-8-3-2-4-9-18/h5-7,10,12H,2-4,8-9,11H2,1H3,(H,17,19). The van der Waals surface area contributed by atoms with E-state index >= 15 is 0 Å². The van der Waals surface area contributed by atoms with Gasteiger partial charge in [-0.1, -0.05) is 30.2 Å². The normalized spacial score (nSPS) is 18.0. The minimum atomic E-state index is -0.00371. The maximum absolute atomic E-state index is 12.0. The number of rotatable bonds is 4. The quantitative estimate of drug-likeness (QED) is 0.920. The van der Waals surface area contributed by atoms with E-state index in [2.05, 4.69) is 10.2 Å². The number of likely N-dealkylation sites (tertiary alicyclic amines) is 1. The number of amides is 1. The lowest BCUT2D eigenvalue weighted by atomic mass is 10.1. The van der Waals surface area contributed by atoms with Crippen LogP contribution in [0.15, 0.2) is 24.3 Å². The van der Waals surface area contributed by atoms with E-state index in [1.165, 1.54) is 19.3 Å². The number of nitrogens with one attached hydrogen (secondary N) is 1. The average Bonchev–Trinajstić information content (AvgIpc) is 2.39. The fourth-order valence-corrected chi connectivity index (χ4v) is 2.67. The van der Waals surface area contributed by atoms with Crippen molar-refractivity contribution in [3.63, 3.8) is 0 Å². The van der Waals surface area contributed by atoms with E-state index in [1.807, 2.05) is 31.2 Å². The monoisotopic (exact) mass is 280 g/mol. The molecule has 0 saturated carbocycles. The average molecular weight is 281 g/mol. The van der Waals surface area contributed by atoms with Gasteiger partial charge in [-0.05, 0) is 50.6 Å². The lowest BCUT2D eigenvalue weighted by Gasteiger charge is -2.26. The Morgan fingerprint density at radius 2 is 2.11 bits per heavy atom. The van der Waals surface area contributed by atoms with Crippen LogP contribution in [0.25, 0.3) is 0 Å². The van der Waals surface area contributed by atoms with Crippen LogP contribution in [0.5, 0.6) is 0 Å². The van der Waals surface area contributed by atoms with Crippen molar-refractivity contribution in [2.24, 2.45) is 0 Å². The molecule has 1 atom stereocenters. The zero-order chi connectivity index (χ0) is 13.7. The minimum absolute atomic E-state index is 0.00371. The zero-order valence-electron chi connectivity index (χ0n) is 11.4. The van der Waals surface area contributed by atoms with E-state index < -0.39 is 0 Å². The van der Waals surface area contributed by atoms with Crippen molar-refractivity contribution in [2.45, 2.75) is 32.2 Å². The summed E-state index contributed by atoms with van der Waals surface area (Å²) < 4.78 is 0. The van der Waals surface area contributed by atoms with E-state index in [9.17, 15) is 4.79 Å². The Labute approximate surface area is 119 Å². The highest BCUT2D eigenvalue weighted by molar-refractivity contribution is 6.30. The Morgan fingerprint density at radius 3 is 2.79 bits per heavy atom. The van der Waals surface area contributed by atoms with Gasteiger partial charge in [-0.2, -0.15) is 0 Å². The minimum Gasteiger partial charge on any atom is -0.348 e. The summed E-state index contributed by atoms with van der Waals surface area (Å²) in [6, 6.07) is 7.62. The Morgan fingerprint density at radius 1 is 1.37 bits per heavy atom. The van der Waals surface area contributed by atoms with Crippen molar-refractivity contribution in [3.8, 4) is 0 Å². The third kappa shape index (κ3) is 4.51. The van der Waals surface area contributed by atoms with Crippen LogP contribution in [0.3, 0.4) is 0 Å². The van der Waals surface area contributed by atoms with Gasteiger partial charge >= 0.3 is 0 Å². The number of halogens is 1. The summed E-state index contributed by atoms with van der Waals surface area (Å²) in [4.78, 5) is 14.2. The highest BCUT2D eigenvalue weighted by Gasteiger charge is 2.15. The first-order chi connectivity index (χ1) is 9.15. The van der Waals surface area contributed by atoms with Crippen LogP contribution in [-0.4, -0.2) is 30.4 Å². The second-order valence-electron chi connectivity index (χ2n) is 5.18. The summed E-state index contributed by atoms with van der Waals surface area (Å²) >= 11 is 5.96. The number of piperidine rings is 1. The van der Waals surface area contributed by atoms with Crippen LogP contribution in [0.1, 0.15) is 37.8 Å². The Balaban J connectivity index is 1.84. The van der Waals surface area contributed by atoms with Crippen molar-refractivity contribution in [2.75, 3.05) is 19.6 Å². The molecule has 1 heterocycles. The second-order valence-corrected chi connectivity index (χ2v) is 5.62. The number of hydrogen-bond acceptors (Lipinski definition) is 2. The molecule has 19 heavy (non-hydrogen) atoms. The molecule has 0 radical (unpaired) electrons. The maximum Gasteiger partial charge on any atom is 0.234 e. The van der Waals surface area contributed by atoms with E-state index in [0.29, 0.717) is 11.6 Å². The molecule has 1 aliphatic rings. The smallest absolute Gasteiger partial charge is 0.234 e. The molecule has 0 spiro atoms. The molecule has 0 bridgehead atoms. The van der Waals surface area contributed by atoms with Gasteiger partial charge in [-0.25, -0.2) is 0 Å². The number of nitrogens with zero attached hydrogens (tertiary/aromatic N) is 1. The van der Waals surface area contributed by atoms with Gasteiger partial charge in [0.25, 0.3) is 0 Å². The topological polar surface area (TPSA) is 32.3 Å². The Hall–Kier alpha value is -1.06. The molecule has 104 valence electrons. The van der Waals surface area contributed by atoms with Crippen LogP contribution in [0.2, 0.25) is 5.02 Å². The Kier molecular flexibility index (Phi) is 5.23. The second kappa shape index (κ2) is 6.92. The molecule has 1 aliphatic heterocycles. The fraction of sp³-hybridized carbons (Fsp3) is 0.533. The highest BCUT2D eigenvalue weighted by atomic mass is 35.5. The summed E-state index contributed by atoms with van der Waals surface area (Å²) in [5.74, 6) is 0.0920. The van der Waals surface area contributed by atoms with E-state index in [4.69, 9.17) is 11.6 Å². The maximum atomic E-state index is 12.0. The van der Waals surface area contributed by atoms with Crippen molar-refractivity contribution in [1.29, 1.82) is 0 Å². The first kappa shape index (κ1) is 14.4. The van der Waals surface area contributed by atoms with Gasteiger partial charge in [0, 0.05) is 5.02 Å². The number of carbonyl (C=O) groups excluding carboxylic acids is 1. The molecule has 4 heteroatoms. The molecule has 1 amide bonds. The van der Waals surface area contributed by atoms with Crippen molar-refractivity contribution >= 4 is 17.5 Å². The summed E-state index contributed by atoms with van der Waals surface area (Å²) in [5, 5.41) is 3.73. The van der Waals surface area contributed by atoms with Gasteiger partial charge in [-0.15, -0.1) is 0 Å². The summed E-state index contributed by atoms with van der Waals surface area (Å²) in [7, 11) is 0. The van der Waals surface area contributed by atoms with Crippen LogP contribution < -0.4 is 5.32 Å². The number of benzene rings is 1. The van der Waals surface area contributed by atoms with E-state index in [1.54, 1.807) is 0 Å². The SMILES string of the molecule is CC(NC(=O)CN1CCCCC1)c1cccc(Cl)c1. The van der Waals surface area contributed by atoms with Gasteiger partial charge in [0.2, 0.25) is 5.91 Å². The molecule has 2 rings (SSSR count). The van der Waals surface area contributed by atoms with Crippen molar-refractivity contribution in [1.82, 2.24) is 10.2 Å². The Bertz CT molecular complexity index is 430. The third-order valence-electron chi connectivity index (χ3n) is 3.54. The van der Waals surface area contributed by atoms with Crippen LogP contribution in [-0.2, 0) is 4.79 Å². The number of carbonyl (C=O) groups is 1. The van der Waals surface area contributed by atoms with Gasteiger partial charge in [-0.3, -0.25) is 9.69 Å². The van der Waals surface area contributed by atoms with Crippen molar-refractivity contribution < 1.29 is 4.79 Å². The molecule has 1 N–H and O–H groups in total. The van der Waals surface area contributed by atoms with Crippen LogP contribution >= 0.6 is 11.6 Å². The summed E-state index contributed by atoms with van der Waals surface area (Å²) in [5.41, 5.74) is 1.04. The van der Waals surface area contributed by atoms with E-state index in [0.717, 1.165) is 18.7 Å². The van der Waals surface area contributed by atoms with Gasteiger partial charge in [0.1, 0.15) is 0 Å². The highest BCUT2D eigenvalue weighted by Crippen LogP contribution is 2.17. The summed E-state index contributed by atoms with van der Waals surface area (Å²) in [6.45, 7) is 4.57. The zero-order valence-corrected chi connectivity index (χ0v) is 12.1. The van der Waals surface area contributed by atoms with Gasteiger partial charge < -0.3 is 5.32 Å². The molecule has 3 nitrogen and oxygen atoms in total. The molecular formula is C15H21ClN2O. The molecule has 1 aromatic carbocycles. The predicted octanol–water partition coefficient (Wildman–Crippen LogP) is 3.00. The number of hydrogen-bond donors (Lipinski definition) is 1. The van der Waals surface area contributed by atoms with Crippen LogP contribution in [0.4, 0.5) is 0 Å². The predicted molar refractivity (Wildman–Crippen MR) is 78.3 cm³/mol. The van der Waals surface area contributed by atoms with Gasteiger partial charge in [0.05, 0.1) is 12.6 Å². The largest absolute Gasteiger partial charge is 0.348 e. The molecule has 1 saturated heterocycles. The molecule has 0 aromatic heterocycles. The first-order valence-corrected chi connectivity index (χ1v) is 7.30. The molecule has 0 aliphatic carbocycles. The lowest BCUT2D eigenvalue weighted by molar-refractivity contribution is -0.123. The molecular weight excluding hydrogens is 260 g/mol. The first-order valence-electron chi connectivity index (χ1n) is 6.92. The summed E-state index contributed by atoms with van der Waals surface area (Å²) in [6.07, 6.45) is 3.70. The lowest BCUT2D eigenvalue weighted by Crippen LogP contribution is -2.40. The molecule has 1 unspecified atom stereocenters. The van der Waals surface area contributed by atoms with E-state index in [-0.39, 0.29) is 11.9 Å². The third-order valence-corrected chi connectivity index (χ3v) is 3.78. The fourth-order valence-electron chi connectivity index (χ4n) is 2.47. The molecule has 1 aromatic rings.